The summed E-state index contributed by atoms with van der Waals surface area (Å²) in [4.78, 5) is 12.1. The summed E-state index contributed by atoms with van der Waals surface area (Å²) >= 11 is 0. The number of epoxide rings is 2. The Kier molecular flexibility index (Phi) is 1.96. The largest absolute Gasteiger partial charge is 0.462 e. The van der Waals surface area contributed by atoms with Crippen LogP contribution in [0.15, 0.2) is 0 Å². The number of esters is 1. The molecule has 2 aliphatic carbocycles. The van der Waals surface area contributed by atoms with E-state index in [0.717, 1.165) is 25.7 Å². The monoisotopic (exact) mass is 238 g/mol. The van der Waals surface area contributed by atoms with Gasteiger partial charge in [0.2, 0.25) is 11.6 Å². The molecule has 0 N–H and O–H groups in total. The Bertz CT molecular complexity index is 352. The van der Waals surface area contributed by atoms with Crippen LogP contribution in [0.5, 0.6) is 0 Å². The van der Waals surface area contributed by atoms with Gasteiger partial charge >= 0.3 is 5.97 Å². The van der Waals surface area contributed by atoms with Crippen molar-refractivity contribution in [2.45, 2.75) is 69.0 Å². The van der Waals surface area contributed by atoms with Crippen molar-refractivity contribution in [3.05, 3.63) is 0 Å². The molecular weight excluding hydrogens is 220 g/mol. The van der Waals surface area contributed by atoms with Crippen LogP contribution in [-0.2, 0) is 19.0 Å². The number of hydrogen-bond donors (Lipinski definition) is 0. The van der Waals surface area contributed by atoms with E-state index in [0.29, 0.717) is 6.42 Å². The average Bonchev–Trinajstić information content (AvgIpc) is 3.15. The highest BCUT2D eigenvalue weighted by molar-refractivity contribution is 5.73. The highest BCUT2D eigenvalue weighted by atomic mass is 17.0. The van der Waals surface area contributed by atoms with Crippen molar-refractivity contribution in [2.75, 3.05) is 0 Å². The van der Waals surface area contributed by atoms with Crippen LogP contribution >= 0.6 is 0 Å². The molecule has 1 unspecified atom stereocenters. The number of ether oxygens (including phenoxy) is 3. The Morgan fingerprint density at radius 3 is 2.53 bits per heavy atom. The lowest BCUT2D eigenvalue weighted by Crippen LogP contribution is -2.29. The Labute approximate surface area is 101 Å². The summed E-state index contributed by atoms with van der Waals surface area (Å²) in [6.07, 6.45) is 8.35. The van der Waals surface area contributed by atoms with Crippen molar-refractivity contribution in [1.82, 2.24) is 0 Å². The molecule has 2 heterocycles. The van der Waals surface area contributed by atoms with Crippen molar-refractivity contribution >= 4 is 5.97 Å². The molecule has 0 bridgehead atoms. The summed E-state index contributed by atoms with van der Waals surface area (Å²) in [6.45, 7) is 0. The van der Waals surface area contributed by atoms with Crippen LogP contribution in [0.25, 0.3) is 0 Å². The first-order valence-electron chi connectivity index (χ1n) is 6.84. The van der Waals surface area contributed by atoms with E-state index in [1.807, 2.05) is 0 Å². The summed E-state index contributed by atoms with van der Waals surface area (Å²) < 4.78 is 16.6. The summed E-state index contributed by atoms with van der Waals surface area (Å²) in [5, 5.41) is 0. The summed E-state index contributed by atoms with van der Waals surface area (Å²) in [5.74, 6) is -0.642. The Morgan fingerprint density at radius 1 is 1.06 bits per heavy atom. The molecule has 94 valence electrons. The third-order valence-electron chi connectivity index (χ3n) is 4.66. The number of hydrogen-bond acceptors (Lipinski definition) is 4. The van der Waals surface area contributed by atoms with Crippen molar-refractivity contribution < 1.29 is 19.0 Å². The zero-order valence-electron chi connectivity index (χ0n) is 9.94. The van der Waals surface area contributed by atoms with Gasteiger partial charge in [0, 0.05) is 12.8 Å². The fourth-order valence-corrected chi connectivity index (χ4v) is 3.46. The molecular formula is C13H18O4. The molecule has 2 aliphatic heterocycles. The summed E-state index contributed by atoms with van der Waals surface area (Å²) in [7, 11) is 0. The van der Waals surface area contributed by atoms with Gasteiger partial charge in [-0.1, -0.05) is 6.42 Å². The predicted molar refractivity (Wildman–Crippen MR) is 57.9 cm³/mol. The second-order valence-corrected chi connectivity index (χ2v) is 5.85. The van der Waals surface area contributed by atoms with Gasteiger partial charge in [-0.05, 0) is 32.1 Å². The molecule has 4 nitrogen and oxygen atoms in total. The standard InChI is InChI=1S/C13H18O4/c14-11(15-10-4-2-1-3-5-10)9-6-7-12-13(8-9,16-12)17-12/h9-10H,1-8H2. The van der Waals surface area contributed by atoms with E-state index in [4.69, 9.17) is 14.2 Å². The molecule has 0 spiro atoms. The molecule has 17 heavy (non-hydrogen) atoms. The lowest BCUT2D eigenvalue weighted by molar-refractivity contribution is -0.157. The average molecular weight is 238 g/mol. The number of rotatable bonds is 2. The van der Waals surface area contributed by atoms with Gasteiger partial charge in [-0.3, -0.25) is 4.79 Å². The van der Waals surface area contributed by atoms with Crippen LogP contribution in [0.4, 0.5) is 0 Å². The minimum Gasteiger partial charge on any atom is -0.462 e. The molecule has 4 fully saturated rings. The van der Waals surface area contributed by atoms with Gasteiger partial charge in [-0.25, -0.2) is 0 Å². The minimum absolute atomic E-state index is 0.00458. The maximum Gasteiger partial charge on any atom is 0.309 e. The number of carbonyl (C=O) groups is 1. The highest BCUT2D eigenvalue weighted by Gasteiger charge is 2.91. The van der Waals surface area contributed by atoms with Gasteiger partial charge < -0.3 is 14.2 Å². The van der Waals surface area contributed by atoms with Crippen LogP contribution in [-0.4, -0.2) is 23.6 Å². The molecule has 0 amide bonds. The van der Waals surface area contributed by atoms with Crippen LogP contribution in [0, 0.1) is 5.92 Å². The van der Waals surface area contributed by atoms with E-state index in [9.17, 15) is 4.79 Å². The van der Waals surface area contributed by atoms with Crippen molar-refractivity contribution in [3.63, 3.8) is 0 Å². The SMILES string of the molecule is O=C(OC1CCCCC1)C1CCC23OC2(C1)O3. The lowest BCUT2D eigenvalue weighted by atomic mass is 9.89. The van der Waals surface area contributed by atoms with E-state index in [2.05, 4.69) is 0 Å². The Balaban J connectivity index is 1.33. The van der Waals surface area contributed by atoms with Crippen LogP contribution in [0.3, 0.4) is 0 Å². The first-order valence-corrected chi connectivity index (χ1v) is 6.84. The molecule has 2 saturated carbocycles. The zero-order valence-corrected chi connectivity index (χ0v) is 9.94. The molecule has 0 radical (unpaired) electrons. The summed E-state index contributed by atoms with van der Waals surface area (Å²) in [6, 6.07) is 0. The van der Waals surface area contributed by atoms with Crippen LogP contribution in [0.2, 0.25) is 0 Å². The highest BCUT2D eigenvalue weighted by Crippen LogP contribution is 2.75. The van der Waals surface area contributed by atoms with E-state index >= 15 is 0 Å². The van der Waals surface area contributed by atoms with Gasteiger partial charge in [-0.15, -0.1) is 0 Å². The predicted octanol–water partition coefficient (Wildman–Crippen LogP) is 2.12. The molecule has 0 aromatic carbocycles. The first-order chi connectivity index (χ1) is 8.23. The van der Waals surface area contributed by atoms with Crippen molar-refractivity contribution in [1.29, 1.82) is 0 Å². The quantitative estimate of drug-likeness (QED) is 0.546. The minimum atomic E-state index is -0.360. The molecule has 4 aliphatic rings. The van der Waals surface area contributed by atoms with Gasteiger partial charge in [0.25, 0.3) is 0 Å². The Morgan fingerprint density at radius 2 is 1.82 bits per heavy atom. The fourth-order valence-electron chi connectivity index (χ4n) is 3.46. The van der Waals surface area contributed by atoms with Crippen LogP contribution in [0.1, 0.15) is 51.4 Å². The van der Waals surface area contributed by atoms with Gasteiger partial charge in [0.05, 0.1) is 5.92 Å². The lowest BCUT2D eigenvalue weighted by Gasteiger charge is -2.24. The van der Waals surface area contributed by atoms with E-state index < -0.39 is 0 Å². The van der Waals surface area contributed by atoms with E-state index in [-0.39, 0.29) is 29.6 Å². The molecule has 1 atom stereocenters. The Hall–Kier alpha value is -0.610. The number of carbonyl (C=O) groups excluding carboxylic acids is 1. The molecule has 4 heteroatoms. The maximum atomic E-state index is 12.1. The molecule has 0 aromatic rings. The van der Waals surface area contributed by atoms with Crippen LogP contribution < -0.4 is 0 Å². The van der Waals surface area contributed by atoms with Gasteiger partial charge in [0.15, 0.2) is 0 Å². The molecule has 0 aromatic heterocycles. The molecule has 2 saturated heterocycles. The smallest absolute Gasteiger partial charge is 0.309 e. The third kappa shape index (κ3) is 1.47. The fraction of sp³-hybridized carbons (Fsp3) is 0.923. The van der Waals surface area contributed by atoms with Gasteiger partial charge in [0.1, 0.15) is 6.10 Å². The zero-order chi connectivity index (χ0) is 11.5. The summed E-state index contributed by atoms with van der Waals surface area (Å²) in [5.41, 5.74) is 0. The maximum absolute atomic E-state index is 12.1. The second-order valence-electron chi connectivity index (χ2n) is 5.85. The van der Waals surface area contributed by atoms with Crippen molar-refractivity contribution in [3.8, 4) is 0 Å². The van der Waals surface area contributed by atoms with Crippen molar-refractivity contribution in [2.24, 2.45) is 5.92 Å². The van der Waals surface area contributed by atoms with E-state index in [1.54, 1.807) is 0 Å². The normalized spacial score (nSPS) is 47.9. The first kappa shape index (κ1) is 10.3. The second kappa shape index (κ2) is 3.23. The molecule has 4 rings (SSSR count). The van der Waals surface area contributed by atoms with Gasteiger partial charge in [-0.2, -0.15) is 0 Å². The third-order valence-corrected chi connectivity index (χ3v) is 4.66. The topological polar surface area (TPSA) is 51.4 Å². The van der Waals surface area contributed by atoms with E-state index in [1.165, 1.54) is 19.3 Å².